The molecule has 2 fully saturated rings. The number of hydrogen-bond donors (Lipinski definition) is 1. The van der Waals surface area contributed by atoms with Crippen LogP contribution in [0.25, 0.3) is 0 Å². The topological polar surface area (TPSA) is 69.3 Å². The maximum atomic E-state index is 12.5. The fourth-order valence-corrected chi connectivity index (χ4v) is 3.62. The molecule has 2 heterocycles. The average molecular weight is 364 g/mol. The van der Waals surface area contributed by atoms with Crippen molar-refractivity contribution in [2.24, 2.45) is 0 Å². The van der Waals surface area contributed by atoms with E-state index in [4.69, 9.17) is 18.9 Å². The van der Waals surface area contributed by atoms with Crippen molar-refractivity contribution >= 4 is 6.03 Å². The van der Waals surface area contributed by atoms with Crippen LogP contribution in [0.15, 0.2) is 18.2 Å². The van der Waals surface area contributed by atoms with Crippen LogP contribution >= 0.6 is 0 Å². The summed E-state index contributed by atoms with van der Waals surface area (Å²) in [4.78, 5) is 14.3. The van der Waals surface area contributed by atoms with E-state index in [0.29, 0.717) is 57.6 Å². The molecule has 0 bridgehead atoms. The molecule has 1 aromatic rings. The van der Waals surface area contributed by atoms with Crippen molar-refractivity contribution in [2.45, 2.75) is 18.3 Å². The van der Waals surface area contributed by atoms with Gasteiger partial charge < -0.3 is 29.2 Å². The summed E-state index contributed by atoms with van der Waals surface area (Å²) in [6, 6.07) is 5.98. The lowest BCUT2D eigenvalue weighted by Crippen LogP contribution is -2.51. The van der Waals surface area contributed by atoms with Crippen LogP contribution in [0.4, 0.5) is 4.79 Å². The Morgan fingerprint density at radius 2 is 1.73 bits per heavy atom. The third-order valence-corrected chi connectivity index (χ3v) is 5.32. The monoisotopic (exact) mass is 364 g/mol. The number of nitrogens with one attached hydrogen (secondary N) is 1. The van der Waals surface area contributed by atoms with Crippen LogP contribution in [-0.4, -0.2) is 71.2 Å². The predicted octanol–water partition coefficient (Wildman–Crippen LogP) is 1.79. The van der Waals surface area contributed by atoms with Crippen molar-refractivity contribution in [1.82, 2.24) is 10.2 Å². The second kappa shape index (κ2) is 8.60. The zero-order valence-electron chi connectivity index (χ0n) is 15.6. The van der Waals surface area contributed by atoms with Gasteiger partial charge >= 0.3 is 6.03 Å². The first-order chi connectivity index (χ1) is 12.7. The number of amides is 2. The van der Waals surface area contributed by atoms with Crippen molar-refractivity contribution < 1.29 is 23.7 Å². The minimum Gasteiger partial charge on any atom is -0.493 e. The molecule has 0 spiro atoms. The minimum atomic E-state index is -0.167. The van der Waals surface area contributed by atoms with Crippen LogP contribution in [0.2, 0.25) is 0 Å². The van der Waals surface area contributed by atoms with E-state index in [-0.39, 0.29) is 11.4 Å². The number of rotatable bonds is 5. The molecular formula is C19H28N2O5. The highest BCUT2D eigenvalue weighted by Crippen LogP contribution is 2.38. The molecule has 0 aliphatic carbocycles. The number of methoxy groups -OCH3 is 2. The molecule has 3 rings (SSSR count). The maximum Gasteiger partial charge on any atom is 0.317 e. The third-order valence-electron chi connectivity index (χ3n) is 5.32. The lowest BCUT2D eigenvalue weighted by Gasteiger charge is -2.39. The first-order valence-corrected chi connectivity index (χ1v) is 9.09. The van der Waals surface area contributed by atoms with Crippen molar-refractivity contribution in [2.75, 3.05) is 60.3 Å². The highest BCUT2D eigenvalue weighted by atomic mass is 16.5. The molecule has 0 unspecified atom stereocenters. The van der Waals surface area contributed by atoms with Gasteiger partial charge in [-0.25, -0.2) is 4.79 Å². The lowest BCUT2D eigenvalue weighted by atomic mass is 9.74. The van der Waals surface area contributed by atoms with Gasteiger partial charge in [0, 0.05) is 38.3 Å². The van der Waals surface area contributed by atoms with Crippen molar-refractivity contribution in [1.29, 1.82) is 0 Å². The van der Waals surface area contributed by atoms with E-state index < -0.39 is 0 Å². The zero-order valence-corrected chi connectivity index (χ0v) is 15.6. The number of urea groups is 1. The SMILES string of the molecule is COc1ccc(C2(CNC(=O)N3CCOCC3)CCOCC2)cc1OC. The van der Waals surface area contributed by atoms with E-state index in [2.05, 4.69) is 11.4 Å². The van der Waals surface area contributed by atoms with Crippen LogP contribution in [0.1, 0.15) is 18.4 Å². The average Bonchev–Trinajstić information content (AvgIpc) is 2.72. The summed E-state index contributed by atoms with van der Waals surface area (Å²) in [6.07, 6.45) is 1.71. The van der Waals surface area contributed by atoms with Crippen LogP contribution in [-0.2, 0) is 14.9 Å². The molecule has 7 nitrogen and oxygen atoms in total. The van der Waals surface area contributed by atoms with E-state index in [0.717, 1.165) is 18.4 Å². The summed E-state index contributed by atoms with van der Waals surface area (Å²) < 4.78 is 21.7. The molecule has 0 radical (unpaired) electrons. The Kier molecular flexibility index (Phi) is 6.21. The largest absolute Gasteiger partial charge is 0.493 e. The summed E-state index contributed by atoms with van der Waals surface area (Å²) in [6.45, 7) is 4.41. The van der Waals surface area contributed by atoms with Crippen LogP contribution < -0.4 is 14.8 Å². The van der Waals surface area contributed by atoms with Gasteiger partial charge in [0.2, 0.25) is 0 Å². The predicted molar refractivity (Wildman–Crippen MR) is 97.1 cm³/mol. The van der Waals surface area contributed by atoms with Gasteiger partial charge in [-0.1, -0.05) is 6.07 Å². The highest BCUT2D eigenvalue weighted by Gasteiger charge is 2.36. The zero-order chi connectivity index (χ0) is 18.4. The molecule has 0 saturated carbocycles. The Balaban J connectivity index is 1.77. The van der Waals surface area contributed by atoms with Gasteiger partial charge in [-0.05, 0) is 30.5 Å². The molecule has 1 aromatic carbocycles. The maximum absolute atomic E-state index is 12.5. The van der Waals surface area contributed by atoms with E-state index in [1.165, 1.54) is 0 Å². The van der Waals surface area contributed by atoms with Crippen LogP contribution in [0.3, 0.4) is 0 Å². The molecule has 1 N–H and O–H groups in total. The molecular weight excluding hydrogens is 336 g/mol. The molecule has 26 heavy (non-hydrogen) atoms. The molecule has 2 amide bonds. The number of carbonyl (C=O) groups is 1. The quantitative estimate of drug-likeness (QED) is 0.863. The van der Waals surface area contributed by atoms with E-state index in [1.807, 2.05) is 17.0 Å². The summed E-state index contributed by atoms with van der Waals surface area (Å²) in [5.74, 6) is 1.41. The first-order valence-electron chi connectivity index (χ1n) is 9.09. The Morgan fingerprint density at radius 3 is 2.38 bits per heavy atom. The summed E-state index contributed by atoms with van der Waals surface area (Å²) in [5, 5.41) is 3.13. The smallest absolute Gasteiger partial charge is 0.317 e. The van der Waals surface area contributed by atoms with Crippen molar-refractivity contribution in [3.05, 3.63) is 23.8 Å². The van der Waals surface area contributed by atoms with E-state index in [1.54, 1.807) is 14.2 Å². The Hall–Kier alpha value is -1.99. The normalized spacial score (nSPS) is 19.7. The van der Waals surface area contributed by atoms with E-state index >= 15 is 0 Å². The second-order valence-electron chi connectivity index (χ2n) is 6.72. The van der Waals surface area contributed by atoms with Crippen LogP contribution in [0.5, 0.6) is 11.5 Å². The second-order valence-corrected chi connectivity index (χ2v) is 6.72. The highest BCUT2D eigenvalue weighted by molar-refractivity contribution is 5.74. The van der Waals surface area contributed by atoms with Gasteiger partial charge in [0.05, 0.1) is 27.4 Å². The molecule has 2 aliphatic heterocycles. The summed E-state index contributed by atoms with van der Waals surface area (Å²) in [5.41, 5.74) is 0.973. The molecule has 0 atom stereocenters. The fourth-order valence-electron chi connectivity index (χ4n) is 3.62. The van der Waals surface area contributed by atoms with Gasteiger partial charge in [-0.3, -0.25) is 0 Å². The van der Waals surface area contributed by atoms with Crippen molar-refractivity contribution in [3.8, 4) is 11.5 Å². The molecule has 7 heteroatoms. The van der Waals surface area contributed by atoms with E-state index in [9.17, 15) is 4.79 Å². The summed E-state index contributed by atoms with van der Waals surface area (Å²) in [7, 11) is 3.27. The van der Waals surface area contributed by atoms with Gasteiger partial charge in [0.25, 0.3) is 0 Å². The number of benzene rings is 1. The van der Waals surface area contributed by atoms with Crippen LogP contribution in [0, 0.1) is 0 Å². The van der Waals surface area contributed by atoms with Gasteiger partial charge in [-0.15, -0.1) is 0 Å². The molecule has 144 valence electrons. The number of nitrogens with zero attached hydrogens (tertiary/aromatic N) is 1. The van der Waals surface area contributed by atoms with Crippen molar-refractivity contribution in [3.63, 3.8) is 0 Å². The van der Waals surface area contributed by atoms with Gasteiger partial charge in [0.15, 0.2) is 11.5 Å². The Morgan fingerprint density at radius 1 is 1.08 bits per heavy atom. The summed E-state index contributed by atoms with van der Waals surface area (Å²) >= 11 is 0. The Bertz CT molecular complexity index is 610. The van der Waals surface area contributed by atoms with Gasteiger partial charge in [0.1, 0.15) is 0 Å². The first kappa shape index (κ1) is 18.8. The molecule has 2 saturated heterocycles. The number of hydrogen-bond acceptors (Lipinski definition) is 5. The number of ether oxygens (including phenoxy) is 4. The number of carbonyl (C=O) groups excluding carboxylic acids is 1. The fraction of sp³-hybridized carbons (Fsp3) is 0.632. The third kappa shape index (κ3) is 4.04. The molecule has 2 aliphatic rings. The Labute approximate surface area is 154 Å². The number of morpholine rings is 1. The van der Waals surface area contributed by atoms with Gasteiger partial charge in [-0.2, -0.15) is 0 Å². The lowest BCUT2D eigenvalue weighted by molar-refractivity contribution is 0.0438. The molecule has 0 aromatic heterocycles. The standard InChI is InChI=1S/C19H28N2O5/c1-23-16-4-3-15(13-17(16)24-2)19(5-9-25-10-6-19)14-20-18(22)21-7-11-26-12-8-21/h3-4,13H,5-12,14H2,1-2H3,(H,20,22). The minimum absolute atomic E-state index is 0.0281.